The molecule has 0 saturated heterocycles. The molecule has 23 heavy (non-hydrogen) atoms. The van der Waals surface area contributed by atoms with Crippen LogP contribution in [0, 0.1) is 5.92 Å². The summed E-state index contributed by atoms with van der Waals surface area (Å²) in [6.07, 6.45) is 1.05. The first-order valence-electron chi connectivity index (χ1n) is 7.94. The summed E-state index contributed by atoms with van der Waals surface area (Å²) in [6, 6.07) is 15.2. The summed E-state index contributed by atoms with van der Waals surface area (Å²) in [4.78, 5) is 12.3. The Bertz CT molecular complexity index is 627. The van der Waals surface area contributed by atoms with Crippen molar-refractivity contribution in [3.63, 3.8) is 0 Å². The predicted octanol–water partition coefficient (Wildman–Crippen LogP) is 4.60. The zero-order valence-electron chi connectivity index (χ0n) is 14.2. The van der Waals surface area contributed by atoms with Gasteiger partial charge in [0, 0.05) is 0 Å². The molecule has 122 valence electrons. The summed E-state index contributed by atoms with van der Waals surface area (Å²) in [5, 5.41) is 0. The lowest BCUT2D eigenvalue weighted by molar-refractivity contribution is -0.135. The van der Waals surface area contributed by atoms with Gasteiger partial charge in [-0.05, 0) is 54.7 Å². The van der Waals surface area contributed by atoms with E-state index in [2.05, 4.69) is 26.0 Å². The van der Waals surface area contributed by atoms with Crippen molar-refractivity contribution in [1.82, 2.24) is 0 Å². The van der Waals surface area contributed by atoms with Gasteiger partial charge in [0.15, 0.2) is 0 Å². The average Bonchev–Trinajstić information content (AvgIpc) is 2.55. The second-order valence-corrected chi connectivity index (χ2v) is 6.16. The maximum atomic E-state index is 12.3. The zero-order valence-corrected chi connectivity index (χ0v) is 14.2. The fraction of sp³-hybridized carbons (Fsp3) is 0.350. The summed E-state index contributed by atoms with van der Waals surface area (Å²) in [5.74, 6) is 1.33. The standard InChI is InChI=1S/C20H24O3/c1-14(2)13-16-5-7-17(8-6-16)15(3)20(21)23-19-11-9-18(22-4)10-12-19/h5-12,14-15H,13H2,1-4H3. The molecular weight excluding hydrogens is 288 g/mol. The van der Waals surface area contributed by atoms with E-state index in [1.165, 1.54) is 5.56 Å². The fourth-order valence-corrected chi connectivity index (χ4v) is 2.40. The van der Waals surface area contributed by atoms with Gasteiger partial charge in [-0.25, -0.2) is 0 Å². The van der Waals surface area contributed by atoms with Crippen LogP contribution >= 0.6 is 0 Å². The second-order valence-electron chi connectivity index (χ2n) is 6.16. The minimum Gasteiger partial charge on any atom is -0.497 e. The van der Waals surface area contributed by atoms with Crippen molar-refractivity contribution in [2.75, 3.05) is 7.11 Å². The minimum absolute atomic E-state index is 0.258. The highest BCUT2D eigenvalue weighted by Crippen LogP contribution is 2.22. The first-order chi connectivity index (χ1) is 11.0. The smallest absolute Gasteiger partial charge is 0.318 e. The average molecular weight is 312 g/mol. The third-order valence-corrected chi connectivity index (χ3v) is 3.76. The van der Waals surface area contributed by atoms with Crippen LogP contribution < -0.4 is 9.47 Å². The Morgan fingerprint density at radius 1 is 0.913 bits per heavy atom. The van der Waals surface area contributed by atoms with Gasteiger partial charge in [0.25, 0.3) is 0 Å². The van der Waals surface area contributed by atoms with Crippen molar-refractivity contribution >= 4 is 5.97 Å². The van der Waals surface area contributed by atoms with Crippen LogP contribution in [0.3, 0.4) is 0 Å². The third kappa shape index (κ3) is 4.85. The summed E-state index contributed by atoms with van der Waals surface area (Å²) >= 11 is 0. The SMILES string of the molecule is COc1ccc(OC(=O)C(C)c2ccc(CC(C)C)cc2)cc1. The fourth-order valence-electron chi connectivity index (χ4n) is 2.40. The van der Waals surface area contributed by atoms with Crippen molar-refractivity contribution in [3.05, 3.63) is 59.7 Å². The van der Waals surface area contributed by atoms with Crippen LogP contribution in [0.1, 0.15) is 37.8 Å². The van der Waals surface area contributed by atoms with Gasteiger partial charge in [-0.2, -0.15) is 0 Å². The van der Waals surface area contributed by atoms with Crippen molar-refractivity contribution < 1.29 is 14.3 Å². The van der Waals surface area contributed by atoms with E-state index in [9.17, 15) is 4.79 Å². The Morgan fingerprint density at radius 3 is 2.00 bits per heavy atom. The normalized spacial score (nSPS) is 12.0. The van der Waals surface area contributed by atoms with E-state index < -0.39 is 0 Å². The highest BCUT2D eigenvalue weighted by atomic mass is 16.5. The molecule has 3 heteroatoms. The topological polar surface area (TPSA) is 35.5 Å². The van der Waals surface area contributed by atoms with Crippen molar-refractivity contribution in [1.29, 1.82) is 0 Å². The van der Waals surface area contributed by atoms with Crippen LogP contribution in [-0.2, 0) is 11.2 Å². The molecule has 3 nitrogen and oxygen atoms in total. The molecule has 2 aromatic carbocycles. The van der Waals surface area contributed by atoms with Gasteiger partial charge in [0.2, 0.25) is 0 Å². The van der Waals surface area contributed by atoms with E-state index in [1.807, 2.05) is 19.1 Å². The Hall–Kier alpha value is -2.29. The molecule has 1 unspecified atom stereocenters. The molecule has 0 heterocycles. The van der Waals surface area contributed by atoms with Gasteiger partial charge in [0.1, 0.15) is 11.5 Å². The van der Waals surface area contributed by atoms with Crippen LogP contribution in [0.25, 0.3) is 0 Å². The molecule has 0 radical (unpaired) electrons. The number of hydrogen-bond acceptors (Lipinski definition) is 3. The Labute approximate surface area is 138 Å². The van der Waals surface area contributed by atoms with Crippen LogP contribution in [-0.4, -0.2) is 13.1 Å². The first kappa shape index (κ1) is 17.1. The third-order valence-electron chi connectivity index (χ3n) is 3.76. The molecule has 0 amide bonds. The highest BCUT2D eigenvalue weighted by molar-refractivity contribution is 5.79. The van der Waals surface area contributed by atoms with Gasteiger partial charge < -0.3 is 9.47 Å². The van der Waals surface area contributed by atoms with Crippen LogP contribution in [0.2, 0.25) is 0 Å². The van der Waals surface area contributed by atoms with Gasteiger partial charge in [-0.1, -0.05) is 38.1 Å². The van der Waals surface area contributed by atoms with Gasteiger partial charge >= 0.3 is 5.97 Å². The monoisotopic (exact) mass is 312 g/mol. The lowest BCUT2D eigenvalue weighted by atomic mass is 9.97. The molecule has 2 aromatic rings. The number of methoxy groups -OCH3 is 1. The van der Waals surface area contributed by atoms with Gasteiger partial charge in [-0.15, -0.1) is 0 Å². The number of rotatable bonds is 6. The van der Waals surface area contributed by atoms with E-state index in [-0.39, 0.29) is 11.9 Å². The lowest BCUT2D eigenvalue weighted by Gasteiger charge is -2.13. The molecule has 2 rings (SSSR count). The second kappa shape index (κ2) is 7.82. The largest absolute Gasteiger partial charge is 0.497 e. The Balaban J connectivity index is 2.00. The van der Waals surface area contributed by atoms with E-state index in [1.54, 1.807) is 31.4 Å². The molecule has 0 saturated carbocycles. The van der Waals surface area contributed by atoms with Crippen LogP contribution in [0.5, 0.6) is 11.5 Å². The molecule has 1 atom stereocenters. The quantitative estimate of drug-likeness (QED) is 0.577. The number of benzene rings is 2. The maximum absolute atomic E-state index is 12.3. The van der Waals surface area contributed by atoms with Crippen molar-refractivity contribution in [2.45, 2.75) is 33.1 Å². The molecule has 0 aliphatic rings. The number of esters is 1. The predicted molar refractivity (Wildman–Crippen MR) is 92.0 cm³/mol. The number of ether oxygens (including phenoxy) is 2. The minimum atomic E-state index is -0.301. The van der Waals surface area contributed by atoms with E-state index in [0.717, 1.165) is 17.7 Å². The number of hydrogen-bond donors (Lipinski definition) is 0. The molecule has 0 N–H and O–H groups in total. The number of carbonyl (C=O) groups excluding carboxylic acids is 1. The molecule has 0 fully saturated rings. The van der Waals surface area contributed by atoms with Crippen LogP contribution in [0.15, 0.2) is 48.5 Å². The lowest BCUT2D eigenvalue weighted by Crippen LogP contribution is -2.16. The molecule has 0 spiro atoms. The molecule has 0 aliphatic carbocycles. The maximum Gasteiger partial charge on any atom is 0.318 e. The van der Waals surface area contributed by atoms with E-state index in [0.29, 0.717) is 11.7 Å². The van der Waals surface area contributed by atoms with Crippen LogP contribution in [0.4, 0.5) is 0 Å². The molecule has 0 aliphatic heterocycles. The summed E-state index contributed by atoms with van der Waals surface area (Å²) in [5.41, 5.74) is 2.26. The Morgan fingerprint density at radius 2 is 1.48 bits per heavy atom. The summed E-state index contributed by atoms with van der Waals surface area (Å²) < 4.78 is 10.5. The first-order valence-corrected chi connectivity index (χ1v) is 7.94. The van der Waals surface area contributed by atoms with Crippen molar-refractivity contribution in [2.24, 2.45) is 5.92 Å². The summed E-state index contributed by atoms with van der Waals surface area (Å²) in [7, 11) is 1.60. The van der Waals surface area contributed by atoms with Gasteiger partial charge in [0.05, 0.1) is 13.0 Å². The number of carbonyl (C=O) groups is 1. The highest BCUT2D eigenvalue weighted by Gasteiger charge is 2.17. The molecule has 0 bridgehead atoms. The zero-order chi connectivity index (χ0) is 16.8. The van der Waals surface area contributed by atoms with E-state index >= 15 is 0 Å². The van der Waals surface area contributed by atoms with Crippen molar-refractivity contribution in [3.8, 4) is 11.5 Å². The molecular formula is C20H24O3. The van der Waals surface area contributed by atoms with Gasteiger partial charge in [-0.3, -0.25) is 4.79 Å². The Kier molecular flexibility index (Phi) is 5.80. The van der Waals surface area contributed by atoms with E-state index in [4.69, 9.17) is 9.47 Å². The summed E-state index contributed by atoms with van der Waals surface area (Å²) in [6.45, 7) is 6.26. The molecule has 0 aromatic heterocycles.